The van der Waals surface area contributed by atoms with E-state index in [9.17, 15) is 0 Å². The van der Waals surface area contributed by atoms with Gasteiger partial charge in [0.2, 0.25) is 5.88 Å². The monoisotopic (exact) mass is 325 g/mol. The van der Waals surface area contributed by atoms with E-state index in [0.29, 0.717) is 18.4 Å². The number of hydrogen-bond donors (Lipinski definition) is 0. The van der Waals surface area contributed by atoms with Gasteiger partial charge in [0.15, 0.2) is 0 Å². The largest absolute Gasteiger partial charge is 0.472 e. The van der Waals surface area contributed by atoms with Crippen LogP contribution in [0.3, 0.4) is 0 Å². The highest BCUT2D eigenvalue weighted by Crippen LogP contribution is 2.24. The van der Waals surface area contributed by atoms with Crippen LogP contribution in [0.2, 0.25) is 0 Å². The molecule has 2 heterocycles. The predicted molar refractivity (Wildman–Crippen MR) is 96.6 cm³/mol. The Morgan fingerprint density at radius 3 is 2.83 bits per heavy atom. The maximum Gasteiger partial charge on any atom is 0.233 e. The van der Waals surface area contributed by atoms with E-state index >= 15 is 0 Å². The van der Waals surface area contributed by atoms with Crippen LogP contribution in [0.15, 0.2) is 48.7 Å². The Morgan fingerprint density at radius 1 is 1.29 bits per heavy atom. The Bertz CT molecular complexity index is 677. The second kappa shape index (κ2) is 7.56. The first kappa shape index (κ1) is 16.6. The predicted octanol–water partition coefficient (Wildman–Crippen LogP) is 4.23. The van der Waals surface area contributed by atoms with Crippen molar-refractivity contribution >= 4 is 0 Å². The maximum absolute atomic E-state index is 5.85. The van der Waals surface area contributed by atoms with Crippen LogP contribution >= 0.6 is 0 Å². The van der Waals surface area contributed by atoms with E-state index in [1.54, 1.807) is 0 Å². The molecule has 4 nitrogen and oxygen atoms in total. The molecule has 1 aliphatic rings. The van der Waals surface area contributed by atoms with Crippen molar-refractivity contribution in [1.82, 2.24) is 14.7 Å². The molecule has 1 aromatic heterocycles. The lowest BCUT2D eigenvalue weighted by Crippen LogP contribution is -2.33. The third-order valence-corrected chi connectivity index (χ3v) is 4.73. The molecule has 128 valence electrons. The molecular formula is C20H27N3O. The fourth-order valence-electron chi connectivity index (χ4n) is 2.99. The average Bonchev–Trinajstić information content (AvgIpc) is 3.02. The van der Waals surface area contributed by atoms with E-state index in [1.165, 1.54) is 17.8 Å². The van der Waals surface area contributed by atoms with Gasteiger partial charge < -0.3 is 9.64 Å². The molecule has 0 radical (unpaired) electrons. The molecule has 1 atom stereocenters. The molecule has 0 N–H and O–H groups in total. The average molecular weight is 325 g/mol. The Balaban J connectivity index is 1.59. The molecule has 0 bridgehead atoms. The molecule has 0 aliphatic carbocycles. The van der Waals surface area contributed by atoms with Gasteiger partial charge in [0.05, 0.1) is 18.8 Å². The number of fused-ring (bicyclic) bond motifs is 1. The number of allylic oxidation sites excluding steroid dienone is 1. The molecule has 0 saturated heterocycles. The normalized spacial score (nSPS) is 15.0. The quantitative estimate of drug-likeness (QED) is 0.763. The molecule has 1 aromatic carbocycles. The smallest absolute Gasteiger partial charge is 0.233 e. The van der Waals surface area contributed by atoms with Crippen molar-refractivity contribution in [2.24, 2.45) is 5.92 Å². The summed E-state index contributed by atoms with van der Waals surface area (Å²) < 4.78 is 7.91. The summed E-state index contributed by atoms with van der Waals surface area (Å²) in [6, 6.07) is 12.3. The summed E-state index contributed by atoms with van der Waals surface area (Å²) in [4.78, 5) is 2.38. The Morgan fingerprint density at radius 2 is 2.08 bits per heavy atom. The van der Waals surface area contributed by atoms with Gasteiger partial charge in [-0.1, -0.05) is 57.2 Å². The Kier molecular flexibility index (Phi) is 5.24. The van der Waals surface area contributed by atoms with E-state index < -0.39 is 0 Å². The van der Waals surface area contributed by atoms with Crippen LogP contribution in [0.1, 0.15) is 37.9 Å². The van der Waals surface area contributed by atoms with Gasteiger partial charge in [-0.05, 0) is 17.9 Å². The van der Waals surface area contributed by atoms with Gasteiger partial charge >= 0.3 is 0 Å². The zero-order chi connectivity index (χ0) is 16.9. The molecule has 2 aromatic rings. The van der Waals surface area contributed by atoms with Crippen LogP contribution in [0.4, 0.5) is 0 Å². The highest BCUT2D eigenvalue weighted by Gasteiger charge is 2.20. The van der Waals surface area contributed by atoms with Crippen molar-refractivity contribution in [2.75, 3.05) is 6.54 Å². The first-order chi connectivity index (χ1) is 11.7. The second-order valence-electron chi connectivity index (χ2n) is 6.68. The Labute approximate surface area is 144 Å². The van der Waals surface area contributed by atoms with Gasteiger partial charge in [0.1, 0.15) is 6.61 Å². The van der Waals surface area contributed by atoms with Crippen molar-refractivity contribution < 1.29 is 4.74 Å². The molecule has 4 heteroatoms. The summed E-state index contributed by atoms with van der Waals surface area (Å²) >= 11 is 0. The highest BCUT2D eigenvalue weighted by molar-refractivity contribution is 5.20. The van der Waals surface area contributed by atoms with Crippen molar-refractivity contribution in [3.8, 4) is 5.88 Å². The zero-order valence-corrected chi connectivity index (χ0v) is 14.7. The molecule has 24 heavy (non-hydrogen) atoms. The van der Waals surface area contributed by atoms with Crippen LogP contribution in [0.5, 0.6) is 5.88 Å². The summed E-state index contributed by atoms with van der Waals surface area (Å²) in [7, 11) is 0. The number of aromatic nitrogens is 2. The number of hydrogen-bond acceptors (Lipinski definition) is 3. The fraction of sp³-hybridized carbons (Fsp3) is 0.450. The molecule has 0 fully saturated rings. The SMILES string of the molecule is C=C(CC(C)CC)N1CCn2nc(OCc3ccccc3)cc2C1. The van der Waals surface area contributed by atoms with Crippen LogP contribution in [-0.4, -0.2) is 21.2 Å². The number of nitrogens with zero attached hydrogens (tertiary/aromatic N) is 3. The van der Waals surface area contributed by atoms with Crippen molar-refractivity contribution in [3.05, 3.63) is 59.9 Å². The van der Waals surface area contributed by atoms with Crippen molar-refractivity contribution in [3.63, 3.8) is 0 Å². The summed E-state index contributed by atoms with van der Waals surface area (Å²) in [6.07, 6.45) is 2.27. The van der Waals surface area contributed by atoms with Crippen LogP contribution in [0, 0.1) is 5.92 Å². The molecule has 1 aliphatic heterocycles. The summed E-state index contributed by atoms with van der Waals surface area (Å²) in [5.74, 6) is 1.40. The second-order valence-corrected chi connectivity index (χ2v) is 6.68. The van der Waals surface area contributed by atoms with Crippen molar-refractivity contribution in [2.45, 2.75) is 46.4 Å². The lowest BCUT2D eigenvalue weighted by molar-refractivity contribution is 0.247. The van der Waals surface area contributed by atoms with Crippen LogP contribution in [-0.2, 0) is 19.7 Å². The Hall–Kier alpha value is -2.23. The van der Waals surface area contributed by atoms with Crippen LogP contribution < -0.4 is 4.74 Å². The highest BCUT2D eigenvalue weighted by atomic mass is 16.5. The number of benzene rings is 1. The van der Waals surface area contributed by atoms with Gasteiger partial charge in [-0.2, -0.15) is 0 Å². The van der Waals surface area contributed by atoms with Gasteiger partial charge in [0, 0.05) is 18.3 Å². The topological polar surface area (TPSA) is 30.3 Å². The lowest BCUT2D eigenvalue weighted by Gasteiger charge is -2.32. The van der Waals surface area contributed by atoms with E-state index in [-0.39, 0.29) is 0 Å². The minimum absolute atomic E-state index is 0.557. The molecule has 1 unspecified atom stereocenters. The minimum atomic E-state index is 0.557. The minimum Gasteiger partial charge on any atom is -0.472 e. The van der Waals surface area contributed by atoms with Crippen molar-refractivity contribution in [1.29, 1.82) is 0 Å². The standard InChI is InChI=1S/C20H27N3O/c1-4-16(2)12-17(3)22-10-11-23-19(14-22)13-20(21-23)24-15-18-8-6-5-7-9-18/h5-9,13,16H,3-4,10-12,14-15H2,1-2H3. The van der Waals surface area contributed by atoms with Gasteiger partial charge in [0.25, 0.3) is 0 Å². The zero-order valence-electron chi connectivity index (χ0n) is 14.7. The summed E-state index contributed by atoms with van der Waals surface area (Å²) in [6.45, 7) is 12.1. The van der Waals surface area contributed by atoms with Gasteiger partial charge in [-0.15, -0.1) is 5.10 Å². The summed E-state index contributed by atoms with van der Waals surface area (Å²) in [5.41, 5.74) is 3.60. The van der Waals surface area contributed by atoms with E-state index in [1.807, 2.05) is 18.2 Å². The van der Waals surface area contributed by atoms with Gasteiger partial charge in [-0.3, -0.25) is 4.68 Å². The van der Waals surface area contributed by atoms with E-state index in [4.69, 9.17) is 4.74 Å². The number of ether oxygens (including phenoxy) is 1. The summed E-state index contributed by atoms with van der Waals surface area (Å²) in [5, 5.41) is 4.57. The molecule has 0 saturated carbocycles. The van der Waals surface area contributed by atoms with E-state index in [2.05, 4.69) is 53.3 Å². The fourth-order valence-corrected chi connectivity index (χ4v) is 2.99. The van der Waals surface area contributed by atoms with Gasteiger partial charge in [-0.25, -0.2) is 0 Å². The molecule has 0 spiro atoms. The lowest BCUT2D eigenvalue weighted by atomic mass is 10.0. The molecular weight excluding hydrogens is 298 g/mol. The van der Waals surface area contributed by atoms with Crippen LogP contribution in [0.25, 0.3) is 0 Å². The maximum atomic E-state index is 5.85. The first-order valence-electron chi connectivity index (χ1n) is 8.82. The molecule has 3 rings (SSSR count). The third-order valence-electron chi connectivity index (χ3n) is 4.73. The molecule has 0 amide bonds. The number of rotatable bonds is 7. The van der Waals surface area contributed by atoms with E-state index in [0.717, 1.165) is 31.6 Å². The third kappa shape index (κ3) is 3.99. The first-order valence-corrected chi connectivity index (χ1v) is 8.82.